The number of rotatable bonds is 1. The van der Waals surface area contributed by atoms with Gasteiger partial charge in [0.15, 0.2) is 13.9 Å². The Labute approximate surface area is 217 Å². The third-order valence-electron chi connectivity index (χ3n) is 8.55. The van der Waals surface area contributed by atoms with Gasteiger partial charge in [-0.3, -0.25) is 4.79 Å². The maximum absolute atomic E-state index is 12.6. The van der Waals surface area contributed by atoms with E-state index in [2.05, 4.69) is 120 Å². The first-order valence-electron chi connectivity index (χ1n) is 13.1. The molecule has 0 bridgehead atoms. The van der Waals surface area contributed by atoms with E-state index in [0.717, 1.165) is 24.1 Å². The van der Waals surface area contributed by atoms with Crippen molar-refractivity contribution in [1.82, 2.24) is 0 Å². The van der Waals surface area contributed by atoms with Crippen molar-refractivity contribution >= 4 is 51.7 Å². The molecular weight excluding hydrogens is 466 g/mol. The highest BCUT2D eigenvalue weighted by Crippen LogP contribution is 2.41. The van der Waals surface area contributed by atoms with Crippen LogP contribution >= 0.6 is 0 Å². The number of anilines is 3. The standard InChI is InChI=1S/C34H25NOSi/c36-30-15-9-10-23-22-24(20-21-25(23)30)35-28-13-3-7-18-33(28)37(34-19-8-4-14-29(34)35)31-16-5-1-11-26(31)27-12-2-6-17-32(27)37/h1-8,11-14,16-22H,9-10,15H2. The molecule has 0 saturated heterocycles. The highest BCUT2D eigenvalue weighted by molar-refractivity contribution is 7.23. The molecule has 5 aromatic rings. The molecule has 0 atom stereocenters. The molecule has 0 amide bonds. The molecule has 0 radical (unpaired) electrons. The predicted molar refractivity (Wildman–Crippen MR) is 155 cm³/mol. The third kappa shape index (κ3) is 2.67. The number of carbonyl (C=O) groups is 1. The van der Waals surface area contributed by atoms with Gasteiger partial charge < -0.3 is 4.90 Å². The summed E-state index contributed by atoms with van der Waals surface area (Å²) in [6.07, 6.45) is 2.56. The fourth-order valence-electron chi connectivity index (χ4n) is 7.11. The van der Waals surface area contributed by atoms with Crippen LogP contribution in [0.4, 0.5) is 17.1 Å². The molecule has 0 aromatic heterocycles. The van der Waals surface area contributed by atoms with Gasteiger partial charge in [-0.05, 0) is 80.6 Å². The van der Waals surface area contributed by atoms with Crippen LogP contribution in [-0.2, 0) is 6.42 Å². The topological polar surface area (TPSA) is 20.3 Å². The van der Waals surface area contributed by atoms with Crippen molar-refractivity contribution in [3.8, 4) is 11.1 Å². The van der Waals surface area contributed by atoms with E-state index in [9.17, 15) is 4.79 Å². The van der Waals surface area contributed by atoms with Crippen molar-refractivity contribution in [1.29, 1.82) is 0 Å². The summed E-state index contributed by atoms with van der Waals surface area (Å²) in [5.41, 5.74) is 8.46. The fraction of sp³-hybridized carbons (Fsp3) is 0.0882. The number of carbonyl (C=O) groups excluding carboxylic acids is 1. The molecule has 2 heterocycles. The molecule has 2 aliphatic heterocycles. The Bertz CT molecular complexity index is 1660. The van der Waals surface area contributed by atoms with Gasteiger partial charge in [-0.2, -0.15) is 0 Å². The van der Waals surface area contributed by atoms with Crippen LogP contribution in [0, 0.1) is 0 Å². The summed E-state index contributed by atoms with van der Waals surface area (Å²) in [6, 6.07) is 42.6. The van der Waals surface area contributed by atoms with E-state index in [1.807, 2.05) is 0 Å². The monoisotopic (exact) mass is 491 g/mol. The summed E-state index contributed by atoms with van der Waals surface area (Å²) in [5.74, 6) is 0.276. The summed E-state index contributed by atoms with van der Waals surface area (Å²) >= 11 is 0. The zero-order chi connectivity index (χ0) is 24.6. The Morgan fingerprint density at radius 3 is 1.70 bits per heavy atom. The Morgan fingerprint density at radius 1 is 0.541 bits per heavy atom. The smallest absolute Gasteiger partial charge is 0.185 e. The number of benzene rings is 5. The van der Waals surface area contributed by atoms with Gasteiger partial charge in [-0.15, -0.1) is 0 Å². The summed E-state index contributed by atoms with van der Waals surface area (Å²) in [4.78, 5) is 15.0. The van der Waals surface area contributed by atoms with E-state index < -0.39 is 8.07 Å². The maximum atomic E-state index is 12.6. The fourth-order valence-corrected chi connectivity index (χ4v) is 12.6. The first kappa shape index (κ1) is 20.9. The summed E-state index contributed by atoms with van der Waals surface area (Å²) in [6.45, 7) is 0. The molecule has 0 fully saturated rings. The van der Waals surface area contributed by atoms with Crippen molar-refractivity contribution in [2.24, 2.45) is 0 Å². The van der Waals surface area contributed by atoms with Crippen LogP contribution in [0.2, 0.25) is 0 Å². The van der Waals surface area contributed by atoms with Gasteiger partial charge in [-0.25, -0.2) is 0 Å². The zero-order valence-electron chi connectivity index (χ0n) is 20.4. The molecule has 1 aliphatic carbocycles. The maximum Gasteiger partial charge on any atom is 0.185 e. The molecule has 0 saturated carbocycles. The summed E-state index contributed by atoms with van der Waals surface area (Å²) in [5, 5.41) is 5.82. The van der Waals surface area contributed by atoms with Crippen LogP contribution in [0.1, 0.15) is 28.8 Å². The first-order valence-corrected chi connectivity index (χ1v) is 15.1. The van der Waals surface area contributed by atoms with Gasteiger partial charge in [0.2, 0.25) is 0 Å². The molecule has 1 spiro atoms. The molecule has 5 aromatic carbocycles. The minimum absolute atomic E-state index is 0.276. The second-order valence-electron chi connectivity index (χ2n) is 10.3. The third-order valence-corrected chi connectivity index (χ3v) is 13.5. The number of para-hydroxylation sites is 2. The van der Waals surface area contributed by atoms with Crippen LogP contribution in [0.25, 0.3) is 11.1 Å². The lowest BCUT2D eigenvalue weighted by Crippen LogP contribution is -2.75. The summed E-state index contributed by atoms with van der Waals surface area (Å²) < 4.78 is 0. The van der Waals surface area contributed by atoms with Crippen molar-refractivity contribution in [2.75, 3.05) is 4.90 Å². The normalized spacial score (nSPS) is 16.0. The molecule has 2 nitrogen and oxygen atoms in total. The van der Waals surface area contributed by atoms with E-state index in [1.54, 1.807) is 0 Å². The number of fused-ring (bicyclic) bond motifs is 10. The minimum atomic E-state index is -2.51. The lowest BCUT2D eigenvalue weighted by Gasteiger charge is -2.43. The van der Waals surface area contributed by atoms with E-state index in [-0.39, 0.29) is 5.78 Å². The number of Topliss-reactive ketones (excluding diaryl/α,β-unsaturated/α-hetero) is 1. The first-order chi connectivity index (χ1) is 18.3. The largest absolute Gasteiger partial charge is 0.311 e. The number of hydrogen-bond donors (Lipinski definition) is 0. The lowest BCUT2D eigenvalue weighted by atomic mass is 9.90. The Balaban J connectivity index is 1.46. The van der Waals surface area contributed by atoms with E-state index in [4.69, 9.17) is 0 Å². The summed E-state index contributed by atoms with van der Waals surface area (Å²) in [7, 11) is -2.51. The molecule has 0 unspecified atom stereocenters. The van der Waals surface area contributed by atoms with Crippen molar-refractivity contribution < 1.29 is 4.79 Å². The molecule has 0 N–H and O–H groups in total. The highest BCUT2D eigenvalue weighted by atomic mass is 28.3. The van der Waals surface area contributed by atoms with Crippen molar-refractivity contribution in [3.63, 3.8) is 0 Å². The SMILES string of the molecule is O=C1CCCc2cc(N3c4ccccc4[Si]4(c5ccccc5-c5ccccc54)c4ccccc43)ccc21. The van der Waals surface area contributed by atoms with Gasteiger partial charge in [0, 0.05) is 29.0 Å². The molecule has 8 rings (SSSR count). The van der Waals surface area contributed by atoms with E-state index in [1.165, 1.54) is 48.8 Å². The Morgan fingerprint density at radius 2 is 1.08 bits per heavy atom. The number of aryl methyl sites for hydroxylation is 1. The predicted octanol–water partition coefficient (Wildman–Crippen LogP) is 5.35. The molecule has 176 valence electrons. The van der Waals surface area contributed by atoms with E-state index >= 15 is 0 Å². The van der Waals surface area contributed by atoms with Crippen molar-refractivity contribution in [2.45, 2.75) is 19.3 Å². The number of ketones is 1. The Kier molecular flexibility index (Phi) is 4.32. The quantitative estimate of drug-likeness (QED) is 0.289. The van der Waals surface area contributed by atoms with Gasteiger partial charge in [-0.1, -0.05) is 84.9 Å². The Hall–Kier alpha value is -4.21. The number of nitrogens with zero attached hydrogens (tertiary/aromatic N) is 1. The van der Waals surface area contributed by atoms with Crippen LogP contribution in [0.3, 0.4) is 0 Å². The lowest BCUT2D eigenvalue weighted by molar-refractivity contribution is 0.0972. The van der Waals surface area contributed by atoms with Crippen LogP contribution in [0.5, 0.6) is 0 Å². The molecule has 3 aliphatic rings. The average Bonchev–Trinajstić information content (AvgIpc) is 3.25. The second kappa shape index (κ2) is 7.64. The van der Waals surface area contributed by atoms with Gasteiger partial charge in [0.1, 0.15) is 0 Å². The van der Waals surface area contributed by atoms with Crippen LogP contribution in [0.15, 0.2) is 115 Å². The molecule has 37 heavy (non-hydrogen) atoms. The van der Waals surface area contributed by atoms with Crippen molar-refractivity contribution in [3.05, 3.63) is 126 Å². The molecular formula is C34H25NOSi. The second-order valence-corrected chi connectivity index (χ2v) is 14.0. The van der Waals surface area contributed by atoms with Crippen LogP contribution in [-0.4, -0.2) is 13.9 Å². The highest BCUT2D eigenvalue weighted by Gasteiger charge is 2.53. The van der Waals surface area contributed by atoms with Gasteiger partial charge in [0.25, 0.3) is 0 Å². The van der Waals surface area contributed by atoms with Gasteiger partial charge in [0.05, 0.1) is 0 Å². The van der Waals surface area contributed by atoms with E-state index in [0.29, 0.717) is 6.42 Å². The average molecular weight is 492 g/mol. The van der Waals surface area contributed by atoms with Crippen LogP contribution < -0.4 is 25.6 Å². The van der Waals surface area contributed by atoms with Gasteiger partial charge >= 0.3 is 0 Å². The molecule has 3 heteroatoms. The number of hydrogen-bond acceptors (Lipinski definition) is 2. The minimum Gasteiger partial charge on any atom is -0.311 e. The zero-order valence-corrected chi connectivity index (χ0v) is 21.4.